The second kappa shape index (κ2) is 10.9. The van der Waals surface area contributed by atoms with Gasteiger partial charge in [-0.25, -0.2) is 4.79 Å². The van der Waals surface area contributed by atoms with Crippen LogP contribution in [0.4, 0.5) is 13.6 Å². The first-order valence-electron chi connectivity index (χ1n) is 9.74. The van der Waals surface area contributed by atoms with E-state index in [1.54, 1.807) is 18.2 Å². The number of allylic oxidation sites excluding steroid dienone is 1. The van der Waals surface area contributed by atoms with E-state index in [2.05, 4.69) is 0 Å². The molecule has 0 saturated carbocycles. The van der Waals surface area contributed by atoms with E-state index in [-0.39, 0.29) is 44.0 Å². The average molecular weight is 411 g/mol. The zero-order valence-corrected chi connectivity index (χ0v) is 16.2. The Balaban J connectivity index is 1.89. The van der Waals surface area contributed by atoms with Crippen molar-refractivity contribution < 1.29 is 33.3 Å². The van der Waals surface area contributed by atoms with Gasteiger partial charge in [0.15, 0.2) is 0 Å². The number of aliphatic hydroxyl groups is 1. The van der Waals surface area contributed by atoms with Crippen LogP contribution in [0.1, 0.15) is 44.1 Å². The van der Waals surface area contributed by atoms with Crippen LogP contribution in [0.5, 0.6) is 0 Å². The lowest BCUT2D eigenvalue weighted by Gasteiger charge is -2.35. The van der Waals surface area contributed by atoms with Crippen molar-refractivity contribution in [1.82, 2.24) is 4.90 Å². The molecule has 0 bridgehead atoms. The molecule has 6 nitrogen and oxygen atoms in total. The Morgan fingerprint density at radius 3 is 2.72 bits per heavy atom. The first-order valence-corrected chi connectivity index (χ1v) is 9.74. The number of aliphatic carboxylic acids is 1. The molecule has 1 fully saturated rings. The van der Waals surface area contributed by atoms with Crippen molar-refractivity contribution in [3.63, 3.8) is 0 Å². The molecule has 1 saturated heterocycles. The molecule has 0 aromatic heterocycles. The molecule has 1 aliphatic heterocycles. The van der Waals surface area contributed by atoms with Crippen LogP contribution in [0.15, 0.2) is 42.5 Å². The first kappa shape index (κ1) is 22.8. The predicted molar refractivity (Wildman–Crippen MR) is 103 cm³/mol. The highest BCUT2D eigenvalue weighted by atomic mass is 19.3. The molecule has 8 heteroatoms. The van der Waals surface area contributed by atoms with E-state index in [1.807, 2.05) is 0 Å². The van der Waals surface area contributed by atoms with Gasteiger partial charge >= 0.3 is 12.1 Å². The fraction of sp³-hybridized carbons (Fsp3) is 0.524. The molecule has 0 spiro atoms. The molecule has 1 aromatic carbocycles. The quantitative estimate of drug-likeness (QED) is 0.425. The molecule has 160 valence electrons. The number of carbonyl (C=O) groups is 2. The summed E-state index contributed by atoms with van der Waals surface area (Å²) < 4.78 is 33.9. The molecule has 2 rings (SSSR count). The number of carbonyl (C=O) groups excluding carboxylic acids is 1. The smallest absolute Gasteiger partial charge is 0.410 e. The third kappa shape index (κ3) is 6.81. The van der Waals surface area contributed by atoms with Crippen LogP contribution < -0.4 is 0 Å². The van der Waals surface area contributed by atoms with Gasteiger partial charge in [-0.05, 0) is 25.7 Å². The predicted octanol–water partition coefficient (Wildman–Crippen LogP) is 3.94. The van der Waals surface area contributed by atoms with E-state index < -0.39 is 24.1 Å². The number of carboxylic acids is 1. The lowest BCUT2D eigenvalue weighted by Crippen LogP contribution is -2.46. The summed E-state index contributed by atoms with van der Waals surface area (Å²) in [6.07, 6.45) is 2.90. The minimum Gasteiger partial charge on any atom is -0.481 e. The van der Waals surface area contributed by atoms with Crippen LogP contribution in [-0.2, 0) is 15.5 Å². The summed E-state index contributed by atoms with van der Waals surface area (Å²) >= 11 is 0. The zero-order valence-electron chi connectivity index (χ0n) is 16.2. The molecule has 2 atom stereocenters. The summed E-state index contributed by atoms with van der Waals surface area (Å²) in [6.45, 7) is 0.468. The van der Waals surface area contributed by atoms with Crippen LogP contribution in [0.3, 0.4) is 0 Å². The van der Waals surface area contributed by atoms with Gasteiger partial charge in [-0.2, -0.15) is 8.78 Å². The number of cyclic esters (lactones) is 1. The summed E-state index contributed by atoms with van der Waals surface area (Å²) in [4.78, 5) is 24.0. The van der Waals surface area contributed by atoms with Crippen molar-refractivity contribution in [3.8, 4) is 0 Å². The number of rotatable bonds is 11. The maximum Gasteiger partial charge on any atom is 0.410 e. The number of halogens is 2. The largest absolute Gasteiger partial charge is 0.481 e. The number of carboxylic acid groups (broad SMARTS) is 1. The van der Waals surface area contributed by atoms with Gasteiger partial charge in [-0.3, -0.25) is 4.79 Å². The number of ether oxygens (including phenoxy) is 1. The Morgan fingerprint density at radius 1 is 1.31 bits per heavy atom. The van der Waals surface area contributed by atoms with Crippen LogP contribution in [0.25, 0.3) is 0 Å². The third-order valence-electron chi connectivity index (χ3n) is 4.93. The van der Waals surface area contributed by atoms with Crippen molar-refractivity contribution in [2.45, 2.75) is 56.6 Å². The van der Waals surface area contributed by atoms with Crippen LogP contribution in [-0.4, -0.2) is 52.5 Å². The highest BCUT2D eigenvalue weighted by Gasteiger charge is 2.41. The average Bonchev–Trinajstić information content (AvgIpc) is 2.70. The minimum absolute atomic E-state index is 0.0756. The molecule has 2 N–H and O–H groups in total. The lowest BCUT2D eigenvalue weighted by atomic mass is 9.96. The van der Waals surface area contributed by atoms with Crippen LogP contribution in [0.2, 0.25) is 0 Å². The van der Waals surface area contributed by atoms with Gasteiger partial charge in [-0.15, -0.1) is 0 Å². The molecule has 1 aromatic rings. The fourth-order valence-corrected chi connectivity index (χ4v) is 3.26. The molecule has 0 aliphatic carbocycles. The molecule has 1 heterocycles. The monoisotopic (exact) mass is 411 g/mol. The van der Waals surface area contributed by atoms with E-state index in [9.17, 15) is 23.5 Å². The number of amides is 1. The number of hydrogen-bond acceptors (Lipinski definition) is 4. The maximum atomic E-state index is 14.4. The summed E-state index contributed by atoms with van der Waals surface area (Å²) in [5.41, 5.74) is -0.239. The van der Waals surface area contributed by atoms with Crippen molar-refractivity contribution >= 4 is 12.1 Å². The number of alkyl halides is 2. The Hall–Kier alpha value is -2.48. The van der Waals surface area contributed by atoms with Gasteiger partial charge in [0, 0.05) is 31.0 Å². The number of hydrogen-bond donors (Lipinski definition) is 2. The van der Waals surface area contributed by atoms with Crippen molar-refractivity contribution in [3.05, 3.63) is 48.0 Å². The molecule has 0 radical (unpaired) electrons. The van der Waals surface area contributed by atoms with E-state index in [0.717, 1.165) is 0 Å². The second-order valence-corrected chi connectivity index (χ2v) is 7.05. The summed E-state index contributed by atoms with van der Waals surface area (Å²) in [5, 5.41) is 18.7. The van der Waals surface area contributed by atoms with Gasteiger partial charge in [0.25, 0.3) is 5.92 Å². The van der Waals surface area contributed by atoms with Gasteiger partial charge in [0.1, 0.15) is 6.10 Å². The van der Waals surface area contributed by atoms with E-state index >= 15 is 0 Å². The van der Waals surface area contributed by atoms with E-state index in [1.165, 1.54) is 29.2 Å². The molecular formula is C21H27F2NO5. The topological polar surface area (TPSA) is 87.1 Å². The number of unbranched alkanes of at least 4 members (excludes halogenated alkanes) is 1. The molecular weight excluding hydrogens is 384 g/mol. The van der Waals surface area contributed by atoms with E-state index in [0.29, 0.717) is 19.3 Å². The standard InChI is InChI=1S/C21H27F2NO5/c22-21(23,16-8-4-3-5-9-16)18(25)12-11-17-13-15-29-20(28)24(17)14-7-2-1-6-10-19(26)27/h2-5,7-9,17-18,25H,1,6,10-15H2,(H,26,27)/b7-2+/t17?,18-/m1/s1. The van der Waals surface area contributed by atoms with Crippen molar-refractivity contribution in [1.29, 1.82) is 0 Å². The van der Waals surface area contributed by atoms with Crippen LogP contribution >= 0.6 is 0 Å². The first-order chi connectivity index (χ1) is 13.8. The summed E-state index contributed by atoms with van der Waals surface area (Å²) in [6, 6.07) is 6.88. The fourth-order valence-electron chi connectivity index (χ4n) is 3.26. The number of nitrogens with zero attached hydrogens (tertiary/aromatic N) is 1. The lowest BCUT2D eigenvalue weighted by molar-refractivity contribution is -0.137. The number of aliphatic hydroxyl groups excluding tert-OH is 1. The van der Waals surface area contributed by atoms with Crippen LogP contribution in [0, 0.1) is 0 Å². The highest BCUT2D eigenvalue weighted by molar-refractivity contribution is 5.69. The van der Waals surface area contributed by atoms with E-state index in [4.69, 9.17) is 9.84 Å². The maximum absolute atomic E-state index is 14.4. The number of benzene rings is 1. The Morgan fingerprint density at radius 2 is 2.03 bits per heavy atom. The Kier molecular flexibility index (Phi) is 8.57. The SMILES string of the molecule is O=C(O)CCC/C=C/CN1C(=O)OCCC1CC[C@@H](O)C(F)(F)c1ccccc1. The minimum atomic E-state index is -3.37. The Labute approximate surface area is 168 Å². The normalized spacial score (nSPS) is 18.7. The molecule has 29 heavy (non-hydrogen) atoms. The van der Waals surface area contributed by atoms with Gasteiger partial charge in [0.2, 0.25) is 0 Å². The van der Waals surface area contributed by atoms with Gasteiger partial charge in [-0.1, -0.05) is 42.5 Å². The summed E-state index contributed by atoms with van der Waals surface area (Å²) in [7, 11) is 0. The summed E-state index contributed by atoms with van der Waals surface area (Å²) in [5.74, 6) is -4.23. The molecule has 1 unspecified atom stereocenters. The zero-order chi connectivity index (χ0) is 21.3. The second-order valence-electron chi connectivity index (χ2n) is 7.05. The molecule has 1 aliphatic rings. The van der Waals surface area contributed by atoms with Gasteiger partial charge in [0.05, 0.1) is 6.61 Å². The van der Waals surface area contributed by atoms with Crippen molar-refractivity contribution in [2.24, 2.45) is 0 Å². The highest BCUT2D eigenvalue weighted by Crippen LogP contribution is 2.34. The van der Waals surface area contributed by atoms with Crippen molar-refractivity contribution in [2.75, 3.05) is 13.2 Å². The molecule has 1 amide bonds. The Bertz CT molecular complexity index is 696. The third-order valence-corrected chi connectivity index (χ3v) is 4.93. The van der Waals surface area contributed by atoms with Gasteiger partial charge < -0.3 is 19.8 Å².